The molecule has 3 aliphatic heterocycles. The summed E-state index contributed by atoms with van der Waals surface area (Å²) in [5.74, 6) is 3.35. The molecule has 8 nitrogen and oxygen atoms in total. The maximum absolute atomic E-state index is 13.0. The van der Waals surface area contributed by atoms with Crippen LogP contribution in [-0.4, -0.2) is 79.9 Å². The van der Waals surface area contributed by atoms with Gasteiger partial charge in [-0.15, -0.1) is 0 Å². The molecule has 0 unspecified atom stereocenters. The zero-order valence-corrected chi connectivity index (χ0v) is 19.1. The maximum Gasteiger partial charge on any atom is 0.237 e. The fraction of sp³-hybridized carbons (Fsp3) is 0.480. The Labute approximate surface area is 194 Å². The number of carbonyl (C=O) groups is 1. The van der Waals surface area contributed by atoms with E-state index in [1.807, 2.05) is 36.1 Å². The normalized spacial score (nSPS) is 17.7. The fourth-order valence-electron chi connectivity index (χ4n) is 4.48. The van der Waals surface area contributed by atoms with Gasteiger partial charge in [0.15, 0.2) is 23.0 Å². The van der Waals surface area contributed by atoms with Crippen molar-refractivity contribution in [2.24, 2.45) is 0 Å². The third-order valence-corrected chi connectivity index (χ3v) is 6.38. The number of hydrogen-bond donors (Lipinski definition) is 0. The molecule has 0 aromatic heterocycles. The highest BCUT2D eigenvalue weighted by molar-refractivity contribution is 5.78. The van der Waals surface area contributed by atoms with Gasteiger partial charge in [0.1, 0.15) is 13.2 Å². The van der Waals surface area contributed by atoms with Crippen molar-refractivity contribution in [2.75, 3.05) is 59.3 Å². The van der Waals surface area contributed by atoms with Gasteiger partial charge in [0.2, 0.25) is 12.7 Å². The Hall–Kier alpha value is -2.97. The standard InChI is InChI=1S/C25H31N3O5/c1-2-28(16-20-4-5-21-23(14-20)31-12-11-30-21)25(29)17-27-9-7-26(8-10-27)15-19-3-6-22-24(13-19)33-18-32-22/h3-6,13-14H,2,7-12,15-18H2,1H3. The van der Waals surface area contributed by atoms with Gasteiger partial charge in [-0.1, -0.05) is 12.1 Å². The monoisotopic (exact) mass is 453 g/mol. The van der Waals surface area contributed by atoms with E-state index in [1.165, 1.54) is 5.56 Å². The molecular weight excluding hydrogens is 422 g/mol. The van der Waals surface area contributed by atoms with Gasteiger partial charge < -0.3 is 23.8 Å². The molecule has 3 heterocycles. The molecule has 2 aromatic rings. The summed E-state index contributed by atoms with van der Waals surface area (Å²) in [7, 11) is 0. The van der Waals surface area contributed by atoms with Crippen LogP contribution >= 0.6 is 0 Å². The van der Waals surface area contributed by atoms with E-state index in [-0.39, 0.29) is 5.91 Å². The van der Waals surface area contributed by atoms with Gasteiger partial charge in [-0.2, -0.15) is 0 Å². The van der Waals surface area contributed by atoms with E-state index in [9.17, 15) is 4.79 Å². The largest absolute Gasteiger partial charge is 0.486 e. The number of amides is 1. The SMILES string of the molecule is CCN(Cc1ccc2c(c1)OCCO2)C(=O)CN1CCN(Cc2ccc3c(c2)OCO3)CC1. The zero-order valence-electron chi connectivity index (χ0n) is 19.1. The maximum atomic E-state index is 13.0. The minimum atomic E-state index is 0.164. The molecule has 1 saturated heterocycles. The Balaban J connectivity index is 1.10. The van der Waals surface area contributed by atoms with Gasteiger partial charge >= 0.3 is 0 Å². The Morgan fingerprint density at radius 3 is 2.21 bits per heavy atom. The number of nitrogens with zero attached hydrogens (tertiary/aromatic N) is 3. The Bertz CT molecular complexity index is 990. The summed E-state index contributed by atoms with van der Waals surface area (Å²) in [4.78, 5) is 19.6. The van der Waals surface area contributed by atoms with Crippen LogP contribution in [0.1, 0.15) is 18.1 Å². The first-order valence-electron chi connectivity index (χ1n) is 11.7. The molecule has 176 valence electrons. The Morgan fingerprint density at radius 2 is 1.42 bits per heavy atom. The first-order chi connectivity index (χ1) is 16.2. The second kappa shape index (κ2) is 9.89. The minimum Gasteiger partial charge on any atom is -0.486 e. The zero-order chi connectivity index (χ0) is 22.6. The van der Waals surface area contributed by atoms with E-state index >= 15 is 0 Å². The van der Waals surface area contributed by atoms with Crippen LogP contribution in [0.15, 0.2) is 36.4 Å². The van der Waals surface area contributed by atoms with Gasteiger partial charge in [-0.25, -0.2) is 0 Å². The van der Waals surface area contributed by atoms with Crippen molar-refractivity contribution >= 4 is 5.91 Å². The van der Waals surface area contributed by atoms with Crippen molar-refractivity contribution in [2.45, 2.75) is 20.0 Å². The van der Waals surface area contributed by atoms with Crippen LogP contribution in [0.2, 0.25) is 0 Å². The molecule has 1 amide bonds. The van der Waals surface area contributed by atoms with Gasteiger partial charge in [0.25, 0.3) is 0 Å². The van der Waals surface area contributed by atoms with E-state index in [0.717, 1.165) is 61.3 Å². The highest BCUT2D eigenvalue weighted by Crippen LogP contribution is 2.33. The third-order valence-electron chi connectivity index (χ3n) is 6.38. The van der Waals surface area contributed by atoms with Crippen LogP contribution in [-0.2, 0) is 17.9 Å². The minimum absolute atomic E-state index is 0.164. The summed E-state index contributed by atoms with van der Waals surface area (Å²) < 4.78 is 22.2. The lowest BCUT2D eigenvalue weighted by molar-refractivity contribution is -0.133. The van der Waals surface area contributed by atoms with Gasteiger partial charge in [0.05, 0.1) is 6.54 Å². The molecule has 0 radical (unpaired) electrons. The average molecular weight is 454 g/mol. The van der Waals surface area contributed by atoms with Crippen LogP contribution in [0.5, 0.6) is 23.0 Å². The predicted octanol–water partition coefficient (Wildman–Crippen LogP) is 2.35. The summed E-state index contributed by atoms with van der Waals surface area (Å²) in [5.41, 5.74) is 2.28. The summed E-state index contributed by atoms with van der Waals surface area (Å²) in [5, 5.41) is 0. The van der Waals surface area contributed by atoms with Crippen LogP contribution in [0.3, 0.4) is 0 Å². The van der Waals surface area contributed by atoms with Gasteiger partial charge in [-0.05, 0) is 42.3 Å². The quantitative estimate of drug-likeness (QED) is 0.638. The lowest BCUT2D eigenvalue weighted by Gasteiger charge is -2.35. The van der Waals surface area contributed by atoms with Gasteiger partial charge in [-0.3, -0.25) is 14.6 Å². The number of rotatable bonds is 7. The van der Waals surface area contributed by atoms with Crippen LogP contribution in [0, 0.1) is 0 Å². The Morgan fingerprint density at radius 1 is 0.818 bits per heavy atom. The molecule has 0 N–H and O–H groups in total. The molecular formula is C25H31N3O5. The number of carbonyl (C=O) groups excluding carboxylic acids is 1. The van der Waals surface area contributed by atoms with E-state index in [1.54, 1.807) is 0 Å². The molecule has 2 aromatic carbocycles. The summed E-state index contributed by atoms with van der Waals surface area (Å²) >= 11 is 0. The number of hydrogen-bond acceptors (Lipinski definition) is 7. The van der Waals surface area contributed by atoms with Crippen LogP contribution in [0.25, 0.3) is 0 Å². The number of fused-ring (bicyclic) bond motifs is 2. The first kappa shape index (κ1) is 21.9. The average Bonchev–Trinajstić information content (AvgIpc) is 3.31. The van der Waals surface area contributed by atoms with E-state index in [0.29, 0.717) is 39.6 Å². The highest BCUT2D eigenvalue weighted by atomic mass is 16.7. The van der Waals surface area contributed by atoms with E-state index in [4.69, 9.17) is 18.9 Å². The number of benzene rings is 2. The van der Waals surface area contributed by atoms with Crippen molar-refractivity contribution in [3.8, 4) is 23.0 Å². The molecule has 8 heteroatoms. The van der Waals surface area contributed by atoms with E-state index in [2.05, 4.69) is 21.9 Å². The number of piperazine rings is 1. The summed E-state index contributed by atoms with van der Waals surface area (Å²) in [6.07, 6.45) is 0. The third kappa shape index (κ3) is 5.17. The molecule has 1 fully saturated rings. The number of likely N-dealkylation sites (N-methyl/N-ethyl adjacent to an activating group) is 1. The van der Waals surface area contributed by atoms with Gasteiger partial charge in [0, 0.05) is 45.8 Å². The van der Waals surface area contributed by atoms with Crippen LogP contribution in [0.4, 0.5) is 0 Å². The molecule has 3 aliphatic rings. The second-order valence-corrected chi connectivity index (χ2v) is 8.63. The van der Waals surface area contributed by atoms with Crippen molar-refractivity contribution in [3.63, 3.8) is 0 Å². The van der Waals surface area contributed by atoms with Crippen molar-refractivity contribution in [1.82, 2.24) is 14.7 Å². The first-order valence-corrected chi connectivity index (χ1v) is 11.7. The van der Waals surface area contributed by atoms with Crippen molar-refractivity contribution in [3.05, 3.63) is 47.5 Å². The highest BCUT2D eigenvalue weighted by Gasteiger charge is 2.23. The molecule has 0 bridgehead atoms. The van der Waals surface area contributed by atoms with Crippen LogP contribution < -0.4 is 18.9 Å². The molecule has 0 saturated carbocycles. The summed E-state index contributed by atoms with van der Waals surface area (Å²) in [6, 6.07) is 12.1. The molecule has 33 heavy (non-hydrogen) atoms. The lowest BCUT2D eigenvalue weighted by atomic mass is 10.1. The topological polar surface area (TPSA) is 63.7 Å². The fourth-order valence-corrected chi connectivity index (χ4v) is 4.48. The summed E-state index contributed by atoms with van der Waals surface area (Å²) in [6.45, 7) is 9.71. The predicted molar refractivity (Wildman–Crippen MR) is 123 cm³/mol. The molecule has 5 rings (SSSR count). The van der Waals surface area contributed by atoms with E-state index < -0.39 is 0 Å². The lowest BCUT2D eigenvalue weighted by Crippen LogP contribution is -2.49. The Kier molecular flexibility index (Phi) is 6.55. The smallest absolute Gasteiger partial charge is 0.237 e. The second-order valence-electron chi connectivity index (χ2n) is 8.63. The molecule has 0 atom stereocenters. The van der Waals surface area contributed by atoms with Crippen molar-refractivity contribution < 1.29 is 23.7 Å². The molecule has 0 spiro atoms. The molecule has 0 aliphatic carbocycles. The number of ether oxygens (including phenoxy) is 4. The van der Waals surface area contributed by atoms with Crippen molar-refractivity contribution in [1.29, 1.82) is 0 Å².